The third-order valence-electron chi connectivity index (χ3n) is 5.01. The Bertz CT molecular complexity index is 545. The molecule has 1 spiro atoms. The molecule has 1 saturated heterocycles. The second-order valence-electron chi connectivity index (χ2n) is 6.73. The van der Waals surface area contributed by atoms with Crippen molar-refractivity contribution >= 4 is 0 Å². The lowest BCUT2D eigenvalue weighted by Crippen LogP contribution is -2.45. The largest absolute Gasteiger partial charge is 0.485 e. The minimum Gasteiger partial charge on any atom is -0.485 e. The SMILES string of the molecule is CC1CC2(C[C@@H](N)c3cc(F)ccc3O2)CN1C1CC1. The van der Waals surface area contributed by atoms with Gasteiger partial charge in [-0.05, 0) is 38.0 Å². The van der Waals surface area contributed by atoms with Gasteiger partial charge < -0.3 is 10.5 Å². The molecule has 2 unspecified atom stereocenters. The Morgan fingerprint density at radius 1 is 1.35 bits per heavy atom. The predicted molar refractivity (Wildman–Crippen MR) is 75.1 cm³/mol. The summed E-state index contributed by atoms with van der Waals surface area (Å²) in [6.45, 7) is 3.24. The van der Waals surface area contributed by atoms with Crippen LogP contribution in [0.5, 0.6) is 5.75 Å². The summed E-state index contributed by atoms with van der Waals surface area (Å²) in [5.74, 6) is 0.535. The van der Waals surface area contributed by atoms with E-state index < -0.39 is 0 Å². The fourth-order valence-electron chi connectivity index (χ4n) is 4.01. The number of hydrogen-bond donors (Lipinski definition) is 1. The molecule has 4 heteroatoms. The van der Waals surface area contributed by atoms with Gasteiger partial charge in [0.25, 0.3) is 0 Å². The molecule has 3 atom stereocenters. The van der Waals surface area contributed by atoms with Crippen LogP contribution in [0, 0.1) is 5.82 Å². The molecule has 20 heavy (non-hydrogen) atoms. The fourth-order valence-corrected chi connectivity index (χ4v) is 4.01. The number of benzene rings is 1. The summed E-state index contributed by atoms with van der Waals surface area (Å²) in [6, 6.07) is 5.89. The van der Waals surface area contributed by atoms with Crippen molar-refractivity contribution in [1.82, 2.24) is 4.90 Å². The van der Waals surface area contributed by atoms with Gasteiger partial charge in [0.1, 0.15) is 17.2 Å². The van der Waals surface area contributed by atoms with Crippen molar-refractivity contribution in [1.29, 1.82) is 0 Å². The molecule has 1 saturated carbocycles. The van der Waals surface area contributed by atoms with Crippen molar-refractivity contribution < 1.29 is 9.13 Å². The number of halogens is 1. The number of fused-ring (bicyclic) bond motifs is 1. The van der Waals surface area contributed by atoms with Gasteiger partial charge in [0.05, 0.1) is 0 Å². The number of nitrogens with zero attached hydrogens (tertiary/aromatic N) is 1. The van der Waals surface area contributed by atoms with Gasteiger partial charge in [0.15, 0.2) is 0 Å². The monoisotopic (exact) mass is 276 g/mol. The van der Waals surface area contributed by atoms with E-state index in [4.69, 9.17) is 10.5 Å². The van der Waals surface area contributed by atoms with Crippen molar-refractivity contribution in [2.45, 2.75) is 56.3 Å². The molecular formula is C16H21FN2O. The van der Waals surface area contributed by atoms with Crippen molar-refractivity contribution in [3.63, 3.8) is 0 Å². The second kappa shape index (κ2) is 4.18. The van der Waals surface area contributed by atoms with Crippen molar-refractivity contribution in [2.75, 3.05) is 6.54 Å². The predicted octanol–water partition coefficient (Wildman–Crippen LogP) is 2.60. The van der Waals surface area contributed by atoms with Crippen LogP contribution in [-0.2, 0) is 0 Å². The average Bonchev–Trinajstić information content (AvgIpc) is 3.17. The quantitative estimate of drug-likeness (QED) is 0.857. The maximum absolute atomic E-state index is 13.4. The molecule has 1 aromatic rings. The summed E-state index contributed by atoms with van der Waals surface area (Å²) < 4.78 is 19.7. The molecule has 0 radical (unpaired) electrons. The van der Waals surface area contributed by atoms with Crippen molar-refractivity contribution in [3.8, 4) is 5.75 Å². The van der Waals surface area contributed by atoms with Crippen LogP contribution >= 0.6 is 0 Å². The van der Waals surface area contributed by atoms with E-state index >= 15 is 0 Å². The van der Waals surface area contributed by atoms with Gasteiger partial charge in [0, 0.05) is 43.1 Å². The summed E-state index contributed by atoms with van der Waals surface area (Å²) in [6.07, 6.45) is 4.44. The minimum atomic E-state index is -0.238. The molecule has 2 N–H and O–H groups in total. The average molecular weight is 276 g/mol. The highest BCUT2D eigenvalue weighted by Gasteiger charge is 2.51. The maximum atomic E-state index is 13.4. The van der Waals surface area contributed by atoms with E-state index in [1.807, 2.05) is 0 Å². The van der Waals surface area contributed by atoms with Crippen molar-refractivity contribution in [3.05, 3.63) is 29.6 Å². The highest BCUT2D eigenvalue weighted by atomic mass is 19.1. The van der Waals surface area contributed by atoms with E-state index in [-0.39, 0.29) is 17.5 Å². The molecule has 0 amide bonds. The Kier molecular flexibility index (Phi) is 2.63. The van der Waals surface area contributed by atoms with Gasteiger partial charge in [-0.15, -0.1) is 0 Å². The highest BCUT2D eigenvalue weighted by molar-refractivity contribution is 5.39. The smallest absolute Gasteiger partial charge is 0.125 e. The molecule has 1 aromatic carbocycles. The standard InChI is InChI=1S/C16H21FN2O/c1-10-7-16(9-19(10)12-3-4-12)8-14(18)13-6-11(17)2-5-15(13)20-16/h2,5-6,10,12,14H,3-4,7-9,18H2,1H3/t10?,14-,16?/m1/s1. The van der Waals surface area contributed by atoms with Crippen LogP contribution < -0.4 is 10.5 Å². The lowest BCUT2D eigenvalue weighted by molar-refractivity contribution is 0.0431. The zero-order valence-corrected chi connectivity index (χ0v) is 11.8. The Morgan fingerprint density at radius 2 is 2.15 bits per heavy atom. The number of ether oxygens (including phenoxy) is 1. The summed E-state index contributed by atoms with van der Waals surface area (Å²) >= 11 is 0. The van der Waals surface area contributed by atoms with Crippen molar-refractivity contribution in [2.24, 2.45) is 5.73 Å². The van der Waals surface area contributed by atoms with Gasteiger partial charge >= 0.3 is 0 Å². The first-order chi connectivity index (χ1) is 9.56. The van der Waals surface area contributed by atoms with Gasteiger partial charge in [0.2, 0.25) is 0 Å². The van der Waals surface area contributed by atoms with Gasteiger partial charge in [-0.25, -0.2) is 4.39 Å². The number of nitrogens with two attached hydrogens (primary N) is 1. The van der Waals surface area contributed by atoms with Crippen LogP contribution in [0.15, 0.2) is 18.2 Å². The Labute approximate surface area is 118 Å². The molecule has 0 aromatic heterocycles. The summed E-state index contributed by atoms with van der Waals surface area (Å²) in [4.78, 5) is 2.57. The molecule has 0 bridgehead atoms. The topological polar surface area (TPSA) is 38.5 Å². The number of rotatable bonds is 1. The van der Waals surface area contributed by atoms with E-state index in [9.17, 15) is 4.39 Å². The third kappa shape index (κ3) is 1.93. The minimum absolute atomic E-state index is 0.124. The molecule has 2 heterocycles. The lowest BCUT2D eigenvalue weighted by Gasteiger charge is -2.38. The maximum Gasteiger partial charge on any atom is 0.125 e. The molecule has 1 aliphatic carbocycles. The van der Waals surface area contributed by atoms with E-state index in [1.54, 1.807) is 6.07 Å². The Hall–Kier alpha value is -1.13. The summed E-state index contributed by atoms with van der Waals surface area (Å²) in [5, 5.41) is 0. The van der Waals surface area contributed by atoms with Crippen LogP contribution in [0.4, 0.5) is 4.39 Å². The first-order valence-electron chi connectivity index (χ1n) is 7.56. The van der Waals surface area contributed by atoms with Crippen LogP contribution in [0.1, 0.15) is 44.2 Å². The van der Waals surface area contributed by atoms with Crippen LogP contribution in [0.25, 0.3) is 0 Å². The first-order valence-corrected chi connectivity index (χ1v) is 7.56. The Morgan fingerprint density at radius 3 is 2.90 bits per heavy atom. The zero-order chi connectivity index (χ0) is 13.9. The second-order valence-corrected chi connectivity index (χ2v) is 6.73. The van der Waals surface area contributed by atoms with Crippen LogP contribution in [0.2, 0.25) is 0 Å². The van der Waals surface area contributed by atoms with Gasteiger partial charge in [-0.2, -0.15) is 0 Å². The molecule has 3 nitrogen and oxygen atoms in total. The normalized spacial score (nSPS) is 37.0. The lowest BCUT2D eigenvalue weighted by atomic mass is 9.86. The zero-order valence-electron chi connectivity index (χ0n) is 11.8. The summed E-state index contributed by atoms with van der Waals surface area (Å²) in [5.41, 5.74) is 6.93. The molecule has 2 fully saturated rings. The molecule has 108 valence electrons. The molecular weight excluding hydrogens is 255 g/mol. The van der Waals surface area contributed by atoms with E-state index in [0.717, 1.165) is 36.7 Å². The van der Waals surface area contributed by atoms with E-state index in [2.05, 4.69) is 11.8 Å². The highest BCUT2D eigenvalue weighted by Crippen LogP contribution is 2.47. The molecule has 3 aliphatic rings. The molecule has 4 rings (SSSR count). The first kappa shape index (κ1) is 12.6. The van der Waals surface area contributed by atoms with Crippen LogP contribution in [0.3, 0.4) is 0 Å². The number of likely N-dealkylation sites (tertiary alicyclic amines) is 1. The third-order valence-corrected chi connectivity index (χ3v) is 5.01. The van der Waals surface area contributed by atoms with E-state index in [1.165, 1.54) is 25.0 Å². The fraction of sp³-hybridized carbons (Fsp3) is 0.625. The Balaban J connectivity index is 1.64. The van der Waals surface area contributed by atoms with Gasteiger partial charge in [-0.1, -0.05) is 0 Å². The molecule has 2 aliphatic heterocycles. The number of hydrogen-bond acceptors (Lipinski definition) is 3. The van der Waals surface area contributed by atoms with E-state index in [0.29, 0.717) is 6.04 Å². The van der Waals surface area contributed by atoms with Crippen LogP contribution in [-0.4, -0.2) is 29.1 Å². The van der Waals surface area contributed by atoms with Gasteiger partial charge in [-0.3, -0.25) is 4.90 Å². The summed E-state index contributed by atoms with van der Waals surface area (Å²) in [7, 11) is 0.